The van der Waals surface area contributed by atoms with E-state index < -0.39 is 0 Å². The predicted octanol–water partition coefficient (Wildman–Crippen LogP) is 1.81. The summed E-state index contributed by atoms with van der Waals surface area (Å²) in [7, 11) is 0. The summed E-state index contributed by atoms with van der Waals surface area (Å²) in [6, 6.07) is 8.33. The van der Waals surface area contributed by atoms with Crippen molar-refractivity contribution in [2.75, 3.05) is 37.6 Å². The summed E-state index contributed by atoms with van der Waals surface area (Å²) in [5.41, 5.74) is 7.04. The van der Waals surface area contributed by atoms with Gasteiger partial charge in [0.1, 0.15) is 0 Å². The summed E-state index contributed by atoms with van der Waals surface area (Å²) in [6.07, 6.45) is 0. The highest BCUT2D eigenvalue weighted by Gasteiger charge is 2.17. The zero-order valence-electron chi connectivity index (χ0n) is 10.3. The molecular weight excluding hydrogens is 234 g/mol. The molecule has 94 valence electrons. The third-order valence-electron chi connectivity index (χ3n) is 3.09. The lowest BCUT2D eigenvalue weighted by atomic mass is 10.2. The molecule has 0 aliphatic carbocycles. The molecule has 0 aromatic heterocycles. The highest BCUT2D eigenvalue weighted by molar-refractivity contribution is 6.30. The zero-order valence-corrected chi connectivity index (χ0v) is 11.0. The van der Waals surface area contributed by atoms with E-state index in [1.54, 1.807) is 0 Å². The Kier molecular flexibility index (Phi) is 4.26. The van der Waals surface area contributed by atoms with Crippen LogP contribution < -0.4 is 10.6 Å². The van der Waals surface area contributed by atoms with Crippen molar-refractivity contribution < 1.29 is 0 Å². The number of anilines is 1. The second-order valence-corrected chi connectivity index (χ2v) is 5.18. The Morgan fingerprint density at radius 2 is 2.00 bits per heavy atom. The average molecular weight is 254 g/mol. The Bertz CT molecular complexity index is 359. The third kappa shape index (κ3) is 3.60. The van der Waals surface area contributed by atoms with Crippen LogP contribution in [0.1, 0.15) is 6.92 Å². The Balaban J connectivity index is 1.91. The summed E-state index contributed by atoms with van der Waals surface area (Å²) >= 11 is 6.01. The molecule has 1 unspecified atom stereocenters. The normalized spacial score (nSPS) is 19.4. The van der Waals surface area contributed by atoms with Gasteiger partial charge in [-0.25, -0.2) is 0 Å². The van der Waals surface area contributed by atoms with E-state index in [1.165, 1.54) is 5.69 Å². The highest BCUT2D eigenvalue weighted by atomic mass is 35.5. The summed E-state index contributed by atoms with van der Waals surface area (Å²) < 4.78 is 0. The van der Waals surface area contributed by atoms with Crippen LogP contribution in [0.5, 0.6) is 0 Å². The Hall–Kier alpha value is -0.770. The fourth-order valence-electron chi connectivity index (χ4n) is 2.27. The maximum atomic E-state index is 6.01. The van der Waals surface area contributed by atoms with Crippen LogP contribution in [-0.4, -0.2) is 43.7 Å². The summed E-state index contributed by atoms with van der Waals surface area (Å²) in [6.45, 7) is 7.30. The molecule has 0 spiro atoms. The third-order valence-corrected chi connectivity index (χ3v) is 3.33. The van der Waals surface area contributed by atoms with E-state index in [-0.39, 0.29) is 6.04 Å². The smallest absolute Gasteiger partial charge is 0.0426 e. The average Bonchev–Trinajstić information content (AvgIpc) is 2.29. The van der Waals surface area contributed by atoms with Crippen molar-refractivity contribution in [3.63, 3.8) is 0 Å². The van der Waals surface area contributed by atoms with E-state index in [0.717, 1.165) is 37.7 Å². The van der Waals surface area contributed by atoms with E-state index >= 15 is 0 Å². The molecular formula is C13H20ClN3. The minimum Gasteiger partial charge on any atom is -0.369 e. The van der Waals surface area contributed by atoms with Crippen molar-refractivity contribution in [3.05, 3.63) is 29.3 Å². The van der Waals surface area contributed by atoms with Crippen molar-refractivity contribution in [1.29, 1.82) is 0 Å². The number of halogens is 1. The molecule has 0 amide bonds. The highest BCUT2D eigenvalue weighted by Crippen LogP contribution is 2.20. The second kappa shape index (κ2) is 5.71. The maximum absolute atomic E-state index is 6.01. The molecule has 2 N–H and O–H groups in total. The van der Waals surface area contributed by atoms with E-state index in [9.17, 15) is 0 Å². The SMILES string of the molecule is CC(N)CN1CCN(c2cccc(Cl)c2)CC1. The first-order chi connectivity index (χ1) is 8.15. The van der Waals surface area contributed by atoms with Gasteiger partial charge >= 0.3 is 0 Å². The lowest BCUT2D eigenvalue weighted by Crippen LogP contribution is -2.49. The van der Waals surface area contributed by atoms with E-state index in [0.29, 0.717) is 0 Å². The maximum Gasteiger partial charge on any atom is 0.0426 e. The lowest BCUT2D eigenvalue weighted by molar-refractivity contribution is 0.247. The van der Waals surface area contributed by atoms with Crippen LogP contribution in [0.25, 0.3) is 0 Å². The molecule has 4 heteroatoms. The number of piperazine rings is 1. The van der Waals surface area contributed by atoms with E-state index in [1.807, 2.05) is 18.2 Å². The largest absolute Gasteiger partial charge is 0.369 e. The molecule has 1 fully saturated rings. The fraction of sp³-hybridized carbons (Fsp3) is 0.538. The molecule has 2 rings (SSSR count). The van der Waals surface area contributed by atoms with Crippen LogP contribution in [-0.2, 0) is 0 Å². The second-order valence-electron chi connectivity index (χ2n) is 4.74. The van der Waals surface area contributed by atoms with Crippen LogP contribution in [0.4, 0.5) is 5.69 Å². The van der Waals surface area contributed by atoms with Crippen molar-refractivity contribution in [2.24, 2.45) is 5.73 Å². The van der Waals surface area contributed by atoms with Crippen LogP contribution in [0.3, 0.4) is 0 Å². The number of benzene rings is 1. The van der Waals surface area contributed by atoms with Gasteiger partial charge in [-0.3, -0.25) is 4.90 Å². The molecule has 1 aliphatic rings. The van der Waals surface area contributed by atoms with Crippen LogP contribution in [0, 0.1) is 0 Å². The first kappa shape index (κ1) is 12.7. The van der Waals surface area contributed by atoms with Gasteiger partial charge in [0.15, 0.2) is 0 Å². The minimum atomic E-state index is 0.257. The molecule has 0 bridgehead atoms. The summed E-state index contributed by atoms with van der Waals surface area (Å²) in [5, 5.41) is 0.806. The Labute approximate surface area is 108 Å². The van der Waals surface area contributed by atoms with Gasteiger partial charge in [-0.2, -0.15) is 0 Å². The molecule has 3 nitrogen and oxygen atoms in total. The van der Waals surface area contributed by atoms with Gasteiger partial charge < -0.3 is 10.6 Å². The van der Waals surface area contributed by atoms with Crippen LogP contribution >= 0.6 is 11.6 Å². The summed E-state index contributed by atoms with van der Waals surface area (Å²) in [5.74, 6) is 0. The predicted molar refractivity (Wildman–Crippen MR) is 73.8 cm³/mol. The number of hydrogen-bond acceptors (Lipinski definition) is 3. The molecule has 0 radical (unpaired) electrons. The number of nitrogens with zero attached hydrogens (tertiary/aromatic N) is 2. The van der Waals surface area contributed by atoms with E-state index in [2.05, 4.69) is 22.8 Å². The van der Waals surface area contributed by atoms with Crippen molar-refractivity contribution >= 4 is 17.3 Å². The van der Waals surface area contributed by atoms with Crippen LogP contribution in [0.15, 0.2) is 24.3 Å². The molecule has 0 saturated carbocycles. The van der Waals surface area contributed by atoms with Crippen molar-refractivity contribution in [2.45, 2.75) is 13.0 Å². The monoisotopic (exact) mass is 253 g/mol. The lowest BCUT2D eigenvalue weighted by Gasteiger charge is -2.36. The van der Waals surface area contributed by atoms with Gasteiger partial charge in [-0.15, -0.1) is 0 Å². The van der Waals surface area contributed by atoms with E-state index in [4.69, 9.17) is 17.3 Å². The molecule has 1 saturated heterocycles. The molecule has 1 aliphatic heterocycles. The molecule has 1 aromatic carbocycles. The van der Waals surface area contributed by atoms with Crippen LogP contribution in [0.2, 0.25) is 5.02 Å². The van der Waals surface area contributed by atoms with Crippen molar-refractivity contribution in [1.82, 2.24) is 4.90 Å². The van der Waals surface area contributed by atoms with Crippen molar-refractivity contribution in [3.8, 4) is 0 Å². The topological polar surface area (TPSA) is 32.5 Å². The first-order valence-electron chi connectivity index (χ1n) is 6.13. The van der Waals surface area contributed by atoms with Gasteiger partial charge in [0.25, 0.3) is 0 Å². The molecule has 1 atom stereocenters. The molecule has 1 heterocycles. The Morgan fingerprint density at radius 3 is 2.59 bits per heavy atom. The first-order valence-corrected chi connectivity index (χ1v) is 6.51. The number of nitrogens with two attached hydrogens (primary N) is 1. The van der Waals surface area contributed by atoms with Gasteiger partial charge in [-0.1, -0.05) is 17.7 Å². The molecule has 1 aromatic rings. The minimum absolute atomic E-state index is 0.257. The Morgan fingerprint density at radius 1 is 1.29 bits per heavy atom. The summed E-state index contributed by atoms with van der Waals surface area (Å²) in [4.78, 5) is 4.80. The molecule has 17 heavy (non-hydrogen) atoms. The van der Waals surface area contributed by atoms with Gasteiger partial charge in [-0.05, 0) is 25.1 Å². The quantitative estimate of drug-likeness (QED) is 0.892. The van der Waals surface area contributed by atoms with Gasteiger partial charge in [0, 0.05) is 49.5 Å². The number of rotatable bonds is 3. The zero-order chi connectivity index (χ0) is 12.3. The van der Waals surface area contributed by atoms with Gasteiger partial charge in [0.05, 0.1) is 0 Å². The van der Waals surface area contributed by atoms with Gasteiger partial charge in [0.2, 0.25) is 0 Å². The number of hydrogen-bond donors (Lipinski definition) is 1. The fourth-order valence-corrected chi connectivity index (χ4v) is 2.45. The standard InChI is InChI=1S/C13H20ClN3/c1-11(15)10-16-5-7-17(8-6-16)13-4-2-3-12(14)9-13/h2-4,9,11H,5-8,10,15H2,1H3.